The highest BCUT2D eigenvalue weighted by Gasteiger charge is 2.50. The number of carbonyl (C=O) groups excluding carboxylic acids is 3. The van der Waals surface area contributed by atoms with Crippen molar-refractivity contribution in [3.05, 3.63) is 69.4 Å². The third-order valence-corrected chi connectivity index (χ3v) is 7.74. The van der Waals surface area contributed by atoms with E-state index in [-0.39, 0.29) is 46.8 Å². The summed E-state index contributed by atoms with van der Waals surface area (Å²) in [7, 11) is 0. The van der Waals surface area contributed by atoms with Crippen LogP contribution in [0.1, 0.15) is 70.2 Å². The smallest absolute Gasteiger partial charge is 0.247 e. The zero-order chi connectivity index (χ0) is 27.1. The highest BCUT2D eigenvalue weighted by atomic mass is 79.9. The van der Waals surface area contributed by atoms with Crippen LogP contribution in [0.5, 0.6) is 0 Å². The van der Waals surface area contributed by atoms with Gasteiger partial charge < -0.3 is 10.2 Å². The molecule has 2 aromatic carbocycles. The number of carbonyl (C=O) groups is 3. The van der Waals surface area contributed by atoms with Crippen LogP contribution >= 0.6 is 15.9 Å². The number of hydrogen-bond donors (Lipinski definition) is 1. The van der Waals surface area contributed by atoms with Gasteiger partial charge in [-0.3, -0.25) is 14.4 Å². The van der Waals surface area contributed by atoms with Crippen molar-refractivity contribution in [1.29, 1.82) is 0 Å². The summed E-state index contributed by atoms with van der Waals surface area (Å²) in [6, 6.07) is 9.79. The highest BCUT2D eigenvalue weighted by molar-refractivity contribution is 9.10. The van der Waals surface area contributed by atoms with Gasteiger partial charge in [0.2, 0.25) is 11.8 Å². The summed E-state index contributed by atoms with van der Waals surface area (Å²) in [5.41, 5.74) is 2.10. The molecule has 0 radical (unpaired) electrons. The molecule has 0 spiro atoms. The molecule has 1 aliphatic carbocycles. The average molecular weight is 572 g/mol. The molecule has 2 amide bonds. The van der Waals surface area contributed by atoms with Gasteiger partial charge >= 0.3 is 0 Å². The van der Waals surface area contributed by atoms with Gasteiger partial charge in [-0.15, -0.1) is 0 Å². The summed E-state index contributed by atoms with van der Waals surface area (Å²) in [6.07, 6.45) is 1.87. The standard InChI is InChI=1S/C30H36BrFN2O3/c1-17(2)12-24-28(36)33-26(20-13-18-8-6-7-9-19(18)14-20)29(37)34(24)27(25(35)16-30(3,4)5)22-11-10-21(31)15-23(22)32/h6-11,15,17,20,24,26-27H,12-14,16H2,1-5H3,(H,33,36)/t24-,26-,27-/m1/s1. The lowest BCUT2D eigenvalue weighted by Gasteiger charge is -2.45. The largest absolute Gasteiger partial charge is 0.342 e. The lowest BCUT2D eigenvalue weighted by atomic mass is 9.83. The van der Waals surface area contributed by atoms with Crippen molar-refractivity contribution in [2.24, 2.45) is 17.3 Å². The molecule has 1 heterocycles. The predicted molar refractivity (Wildman–Crippen MR) is 145 cm³/mol. The maximum atomic E-state index is 15.4. The van der Waals surface area contributed by atoms with E-state index in [1.807, 2.05) is 46.8 Å². The van der Waals surface area contributed by atoms with E-state index in [9.17, 15) is 14.4 Å². The van der Waals surface area contributed by atoms with Crippen molar-refractivity contribution in [3.8, 4) is 0 Å². The Bertz CT molecular complexity index is 1180. The number of nitrogens with zero attached hydrogens (tertiary/aromatic N) is 1. The maximum Gasteiger partial charge on any atom is 0.247 e. The van der Waals surface area contributed by atoms with Crippen LogP contribution < -0.4 is 5.32 Å². The molecular formula is C30H36BrFN2O3. The van der Waals surface area contributed by atoms with Crippen molar-refractivity contribution in [2.75, 3.05) is 0 Å². The Hall–Kier alpha value is -2.54. The van der Waals surface area contributed by atoms with E-state index in [0.29, 0.717) is 23.7 Å². The summed E-state index contributed by atoms with van der Waals surface area (Å²) in [6.45, 7) is 9.77. The fourth-order valence-corrected chi connectivity index (χ4v) is 6.03. The maximum absolute atomic E-state index is 15.4. The topological polar surface area (TPSA) is 66.5 Å². The molecule has 0 bridgehead atoms. The molecule has 0 aromatic heterocycles. The van der Waals surface area contributed by atoms with E-state index in [2.05, 4.69) is 33.4 Å². The molecule has 1 saturated heterocycles. The number of hydrogen-bond acceptors (Lipinski definition) is 3. The number of fused-ring (bicyclic) bond motifs is 1. The Morgan fingerprint density at radius 3 is 2.27 bits per heavy atom. The molecule has 2 aromatic rings. The van der Waals surface area contributed by atoms with Crippen LogP contribution in [-0.4, -0.2) is 34.6 Å². The molecule has 0 unspecified atom stereocenters. The van der Waals surface area contributed by atoms with E-state index in [0.717, 1.165) is 0 Å². The van der Waals surface area contributed by atoms with E-state index >= 15 is 4.39 Å². The summed E-state index contributed by atoms with van der Waals surface area (Å²) in [5, 5.41) is 3.00. The Morgan fingerprint density at radius 2 is 1.73 bits per heavy atom. The Balaban J connectivity index is 1.79. The van der Waals surface area contributed by atoms with Crippen LogP contribution in [-0.2, 0) is 27.2 Å². The van der Waals surface area contributed by atoms with Crippen molar-refractivity contribution in [2.45, 2.75) is 78.4 Å². The highest BCUT2D eigenvalue weighted by Crippen LogP contribution is 2.38. The van der Waals surface area contributed by atoms with E-state index < -0.39 is 23.9 Å². The van der Waals surface area contributed by atoms with Crippen molar-refractivity contribution in [3.63, 3.8) is 0 Å². The quantitative estimate of drug-likeness (QED) is 0.458. The van der Waals surface area contributed by atoms with Gasteiger partial charge in [-0.2, -0.15) is 0 Å². The second-order valence-electron chi connectivity index (χ2n) is 12.1. The van der Waals surface area contributed by atoms with Crippen molar-refractivity contribution < 1.29 is 18.8 Å². The minimum absolute atomic E-state index is 0.0893. The molecule has 1 aliphatic heterocycles. The minimum Gasteiger partial charge on any atom is -0.342 e. The molecule has 2 aliphatic rings. The Kier molecular flexibility index (Phi) is 7.93. The average Bonchev–Trinajstić information content (AvgIpc) is 3.22. The molecular weight excluding hydrogens is 535 g/mol. The number of piperazine rings is 1. The van der Waals surface area contributed by atoms with Crippen LogP contribution in [0, 0.1) is 23.1 Å². The number of rotatable bonds is 7. The first-order valence-corrected chi connectivity index (χ1v) is 13.8. The first-order valence-electron chi connectivity index (χ1n) is 13.0. The van der Waals surface area contributed by atoms with Crippen LogP contribution in [0.4, 0.5) is 4.39 Å². The minimum atomic E-state index is -1.18. The third kappa shape index (κ3) is 5.97. The lowest BCUT2D eigenvalue weighted by Crippen LogP contribution is -2.67. The van der Waals surface area contributed by atoms with Gasteiger partial charge in [0.05, 0.1) is 0 Å². The fraction of sp³-hybridized carbons (Fsp3) is 0.500. The number of amides is 2. The van der Waals surface area contributed by atoms with Gasteiger partial charge in [0, 0.05) is 16.5 Å². The van der Waals surface area contributed by atoms with E-state index in [1.165, 1.54) is 22.1 Å². The zero-order valence-corrected chi connectivity index (χ0v) is 23.8. The van der Waals surface area contributed by atoms with Gasteiger partial charge in [-0.25, -0.2) is 4.39 Å². The van der Waals surface area contributed by atoms with Gasteiger partial charge in [0.15, 0.2) is 5.78 Å². The predicted octanol–water partition coefficient (Wildman–Crippen LogP) is 5.79. The van der Waals surface area contributed by atoms with Crippen molar-refractivity contribution >= 4 is 33.5 Å². The lowest BCUT2D eigenvalue weighted by molar-refractivity contribution is -0.157. The van der Waals surface area contributed by atoms with E-state index in [1.54, 1.807) is 12.1 Å². The summed E-state index contributed by atoms with van der Waals surface area (Å²) < 4.78 is 16.0. The van der Waals surface area contributed by atoms with Crippen molar-refractivity contribution in [1.82, 2.24) is 10.2 Å². The Labute approximate surface area is 227 Å². The SMILES string of the molecule is CC(C)C[C@@H]1C(=O)N[C@H](C2Cc3ccccc3C2)C(=O)N1[C@@H](C(=O)CC(C)(C)C)c1ccc(Br)cc1F. The molecule has 37 heavy (non-hydrogen) atoms. The van der Waals surface area contributed by atoms with Crippen LogP contribution in [0.15, 0.2) is 46.9 Å². The second kappa shape index (κ2) is 10.7. The summed E-state index contributed by atoms with van der Waals surface area (Å²) in [4.78, 5) is 43.2. The molecule has 1 fully saturated rings. The first kappa shape index (κ1) is 27.5. The van der Waals surface area contributed by atoms with Gasteiger partial charge in [0.1, 0.15) is 23.9 Å². The first-order chi connectivity index (χ1) is 17.4. The normalized spacial score (nSPS) is 21.2. The summed E-state index contributed by atoms with van der Waals surface area (Å²) in [5.74, 6) is -1.46. The second-order valence-corrected chi connectivity index (χ2v) is 13.0. The number of halogens is 2. The van der Waals surface area contributed by atoms with Crippen LogP contribution in [0.25, 0.3) is 0 Å². The molecule has 3 atom stereocenters. The number of ketones is 1. The number of nitrogens with one attached hydrogen (secondary N) is 1. The Morgan fingerprint density at radius 1 is 1.11 bits per heavy atom. The molecule has 5 nitrogen and oxygen atoms in total. The number of benzene rings is 2. The fourth-order valence-electron chi connectivity index (χ4n) is 5.70. The molecule has 7 heteroatoms. The molecule has 0 saturated carbocycles. The summed E-state index contributed by atoms with van der Waals surface area (Å²) >= 11 is 3.29. The van der Waals surface area contributed by atoms with Crippen LogP contribution in [0.2, 0.25) is 0 Å². The third-order valence-electron chi connectivity index (χ3n) is 7.25. The molecule has 198 valence electrons. The zero-order valence-electron chi connectivity index (χ0n) is 22.2. The monoisotopic (exact) mass is 570 g/mol. The van der Waals surface area contributed by atoms with Gasteiger partial charge in [0.25, 0.3) is 0 Å². The van der Waals surface area contributed by atoms with Crippen LogP contribution in [0.3, 0.4) is 0 Å². The van der Waals surface area contributed by atoms with Gasteiger partial charge in [-0.1, -0.05) is 80.9 Å². The molecule has 4 rings (SSSR count). The van der Waals surface area contributed by atoms with E-state index in [4.69, 9.17) is 0 Å². The van der Waals surface area contributed by atoms with Gasteiger partial charge in [-0.05, 0) is 59.8 Å². The molecule has 1 N–H and O–H groups in total. The number of Topliss-reactive ketones (excluding diaryl/α,β-unsaturated/α-hetero) is 1.